The van der Waals surface area contributed by atoms with Crippen molar-refractivity contribution in [3.05, 3.63) is 35.4 Å². The van der Waals surface area contributed by atoms with Gasteiger partial charge in [-0.05, 0) is 29.9 Å². The second-order valence-corrected chi connectivity index (χ2v) is 5.82. The van der Waals surface area contributed by atoms with Crippen molar-refractivity contribution in [2.24, 2.45) is 11.8 Å². The van der Waals surface area contributed by atoms with E-state index in [0.717, 1.165) is 13.1 Å². The van der Waals surface area contributed by atoms with Crippen molar-refractivity contribution in [3.8, 4) is 0 Å². The third kappa shape index (κ3) is 1.50. The molecule has 3 aliphatic rings. The first-order valence-electron chi connectivity index (χ1n) is 6.93. The van der Waals surface area contributed by atoms with E-state index in [1.165, 1.54) is 24.0 Å². The molecule has 1 aromatic rings. The molecule has 3 nitrogen and oxygen atoms in total. The van der Waals surface area contributed by atoms with Gasteiger partial charge in [-0.3, -0.25) is 4.79 Å². The molecule has 1 aliphatic heterocycles. The number of carbonyl (C=O) groups is 1. The van der Waals surface area contributed by atoms with Gasteiger partial charge in [-0.1, -0.05) is 24.3 Å². The molecule has 2 aliphatic carbocycles. The first-order valence-corrected chi connectivity index (χ1v) is 6.93. The minimum Gasteiger partial charge on any atom is -0.352 e. The number of hydrogen-bond donors (Lipinski definition) is 2. The minimum absolute atomic E-state index is 0.211. The van der Waals surface area contributed by atoms with Crippen molar-refractivity contribution in [1.29, 1.82) is 0 Å². The molecule has 18 heavy (non-hydrogen) atoms. The van der Waals surface area contributed by atoms with Crippen LogP contribution in [0, 0.1) is 11.8 Å². The fourth-order valence-electron chi connectivity index (χ4n) is 3.52. The molecule has 1 heterocycles. The second-order valence-electron chi connectivity index (χ2n) is 5.82. The minimum atomic E-state index is 0.211. The Kier molecular flexibility index (Phi) is 2.24. The van der Waals surface area contributed by atoms with Crippen LogP contribution in [0.3, 0.4) is 0 Å². The molecule has 0 spiro atoms. The molecule has 1 aromatic carbocycles. The lowest BCUT2D eigenvalue weighted by atomic mass is 9.92. The largest absolute Gasteiger partial charge is 0.352 e. The van der Waals surface area contributed by atoms with Gasteiger partial charge in [0.15, 0.2) is 0 Å². The maximum Gasteiger partial charge on any atom is 0.225 e. The number of aryl methyl sites for hydroxylation is 1. The highest BCUT2D eigenvalue weighted by molar-refractivity contribution is 5.81. The molecule has 2 fully saturated rings. The van der Waals surface area contributed by atoms with Crippen LogP contribution in [0.1, 0.15) is 23.5 Å². The van der Waals surface area contributed by atoms with Gasteiger partial charge < -0.3 is 10.6 Å². The zero-order valence-electron chi connectivity index (χ0n) is 10.4. The van der Waals surface area contributed by atoms with Crippen LogP contribution in [0.25, 0.3) is 0 Å². The first kappa shape index (κ1) is 10.6. The summed E-state index contributed by atoms with van der Waals surface area (Å²) < 4.78 is 0. The number of carbonyl (C=O) groups excluding carboxylic acids is 1. The molecule has 0 bridgehead atoms. The maximum atomic E-state index is 12.0. The van der Waals surface area contributed by atoms with Crippen molar-refractivity contribution >= 4 is 5.91 Å². The summed E-state index contributed by atoms with van der Waals surface area (Å²) in [5.41, 5.74) is 2.96. The summed E-state index contributed by atoms with van der Waals surface area (Å²) in [6.45, 7) is 1.70. The zero-order chi connectivity index (χ0) is 12.1. The van der Waals surface area contributed by atoms with E-state index in [2.05, 4.69) is 34.9 Å². The van der Waals surface area contributed by atoms with E-state index in [-0.39, 0.29) is 11.8 Å². The Bertz CT molecular complexity index is 495. The summed E-state index contributed by atoms with van der Waals surface area (Å²) in [5, 5.41) is 6.41. The van der Waals surface area contributed by atoms with E-state index >= 15 is 0 Å². The van der Waals surface area contributed by atoms with Crippen molar-refractivity contribution in [2.75, 3.05) is 13.1 Å². The van der Waals surface area contributed by atoms with E-state index in [1.54, 1.807) is 0 Å². The number of nitrogens with one attached hydrogen (secondary N) is 2. The normalized spacial score (nSPS) is 33.0. The summed E-state index contributed by atoms with van der Waals surface area (Å²) in [5.74, 6) is 1.75. The second kappa shape index (κ2) is 3.82. The lowest BCUT2D eigenvalue weighted by Crippen LogP contribution is -2.51. The summed E-state index contributed by atoms with van der Waals surface area (Å²) in [6.07, 6.45) is 2.41. The van der Waals surface area contributed by atoms with Gasteiger partial charge in [-0.25, -0.2) is 0 Å². The highest BCUT2D eigenvalue weighted by Crippen LogP contribution is 2.54. The Morgan fingerprint density at radius 1 is 1.28 bits per heavy atom. The average molecular weight is 242 g/mol. The third-order valence-corrected chi connectivity index (χ3v) is 4.79. The molecule has 1 amide bonds. The number of benzene rings is 1. The summed E-state index contributed by atoms with van der Waals surface area (Å²) >= 11 is 0. The molecule has 0 radical (unpaired) electrons. The molecule has 2 N–H and O–H groups in total. The van der Waals surface area contributed by atoms with E-state index < -0.39 is 0 Å². The van der Waals surface area contributed by atoms with Gasteiger partial charge in [-0.2, -0.15) is 0 Å². The van der Waals surface area contributed by atoms with Crippen LogP contribution in [0.15, 0.2) is 24.3 Å². The molecule has 1 saturated carbocycles. The SMILES string of the molecule is O=C(NC1C2CCc3ccccc3C21)C1CNC1. The van der Waals surface area contributed by atoms with Crippen molar-refractivity contribution in [3.63, 3.8) is 0 Å². The maximum absolute atomic E-state index is 12.0. The first-order chi connectivity index (χ1) is 8.84. The van der Waals surface area contributed by atoms with Crippen molar-refractivity contribution in [1.82, 2.24) is 10.6 Å². The quantitative estimate of drug-likeness (QED) is 0.814. The summed E-state index contributed by atoms with van der Waals surface area (Å²) in [6, 6.07) is 9.12. The average Bonchev–Trinajstić information content (AvgIpc) is 3.01. The van der Waals surface area contributed by atoms with Gasteiger partial charge in [0, 0.05) is 25.0 Å². The zero-order valence-corrected chi connectivity index (χ0v) is 10.4. The van der Waals surface area contributed by atoms with E-state index in [9.17, 15) is 4.79 Å². The van der Waals surface area contributed by atoms with Crippen molar-refractivity contribution in [2.45, 2.75) is 24.8 Å². The van der Waals surface area contributed by atoms with Crippen LogP contribution >= 0.6 is 0 Å². The highest BCUT2D eigenvalue weighted by Gasteiger charge is 2.54. The van der Waals surface area contributed by atoms with Gasteiger partial charge in [-0.15, -0.1) is 0 Å². The lowest BCUT2D eigenvalue weighted by Gasteiger charge is -2.25. The van der Waals surface area contributed by atoms with E-state index in [1.807, 2.05) is 0 Å². The number of rotatable bonds is 2. The van der Waals surface area contributed by atoms with E-state index in [0.29, 0.717) is 17.9 Å². The number of amides is 1. The van der Waals surface area contributed by atoms with Gasteiger partial charge in [0.1, 0.15) is 0 Å². The van der Waals surface area contributed by atoms with Crippen LogP contribution in [0.5, 0.6) is 0 Å². The van der Waals surface area contributed by atoms with Crippen LogP contribution < -0.4 is 10.6 Å². The number of hydrogen-bond acceptors (Lipinski definition) is 2. The Labute approximate surface area is 107 Å². The smallest absolute Gasteiger partial charge is 0.225 e. The van der Waals surface area contributed by atoms with Crippen molar-refractivity contribution < 1.29 is 4.79 Å². The molecular weight excluding hydrogens is 224 g/mol. The molecule has 3 heteroatoms. The Morgan fingerprint density at radius 2 is 2.11 bits per heavy atom. The van der Waals surface area contributed by atoms with Gasteiger partial charge in [0.25, 0.3) is 0 Å². The van der Waals surface area contributed by atoms with Gasteiger partial charge >= 0.3 is 0 Å². The van der Waals surface area contributed by atoms with Crippen LogP contribution in [0.4, 0.5) is 0 Å². The predicted molar refractivity (Wildman–Crippen MR) is 69.3 cm³/mol. The summed E-state index contributed by atoms with van der Waals surface area (Å²) in [7, 11) is 0. The molecule has 3 unspecified atom stereocenters. The Balaban J connectivity index is 1.49. The Morgan fingerprint density at radius 3 is 2.89 bits per heavy atom. The van der Waals surface area contributed by atoms with E-state index in [4.69, 9.17) is 0 Å². The standard InChI is InChI=1S/C15H18N2O/c18-15(10-7-16-8-10)17-14-12-6-5-9-3-1-2-4-11(9)13(12)14/h1-4,10,12-14,16H,5-8H2,(H,17,18). The van der Waals surface area contributed by atoms with Gasteiger partial charge in [0.05, 0.1) is 5.92 Å². The van der Waals surface area contributed by atoms with Crippen LogP contribution in [-0.4, -0.2) is 25.0 Å². The molecule has 0 aromatic heterocycles. The topological polar surface area (TPSA) is 41.1 Å². The monoisotopic (exact) mass is 242 g/mol. The summed E-state index contributed by atoms with van der Waals surface area (Å²) in [4.78, 5) is 12.0. The van der Waals surface area contributed by atoms with Crippen LogP contribution in [0.2, 0.25) is 0 Å². The predicted octanol–water partition coefficient (Wildman–Crippen LogP) is 1.05. The highest BCUT2D eigenvalue weighted by atomic mass is 16.2. The molecular formula is C15H18N2O. The van der Waals surface area contributed by atoms with Crippen LogP contribution in [-0.2, 0) is 11.2 Å². The van der Waals surface area contributed by atoms with Gasteiger partial charge in [0.2, 0.25) is 5.91 Å². The lowest BCUT2D eigenvalue weighted by molar-refractivity contribution is -0.126. The molecule has 4 rings (SSSR count). The Hall–Kier alpha value is -1.35. The molecule has 3 atom stereocenters. The molecule has 94 valence electrons. The third-order valence-electron chi connectivity index (χ3n) is 4.79. The molecule has 1 saturated heterocycles. The fraction of sp³-hybridized carbons (Fsp3) is 0.533. The number of fused-ring (bicyclic) bond motifs is 3. The fourth-order valence-corrected chi connectivity index (χ4v) is 3.52.